The van der Waals surface area contributed by atoms with Crippen LogP contribution in [0.5, 0.6) is 5.88 Å². The second-order valence-electron chi connectivity index (χ2n) is 8.04. The zero-order valence-corrected chi connectivity index (χ0v) is 17.0. The van der Waals surface area contributed by atoms with Crippen molar-refractivity contribution in [3.8, 4) is 17.0 Å². The lowest BCUT2D eigenvalue weighted by molar-refractivity contribution is 0.178. The summed E-state index contributed by atoms with van der Waals surface area (Å²) in [7, 11) is 1.63. The summed E-state index contributed by atoms with van der Waals surface area (Å²) >= 11 is 0. The monoisotopic (exact) mass is 391 g/mol. The van der Waals surface area contributed by atoms with E-state index < -0.39 is 0 Å². The normalized spacial score (nSPS) is 20.9. The molecule has 0 radical (unpaired) electrons. The van der Waals surface area contributed by atoms with E-state index in [0.717, 1.165) is 63.9 Å². The molecule has 29 heavy (non-hydrogen) atoms. The van der Waals surface area contributed by atoms with Crippen LogP contribution in [-0.4, -0.2) is 30.3 Å². The van der Waals surface area contributed by atoms with Gasteiger partial charge in [0.15, 0.2) is 0 Å². The summed E-state index contributed by atoms with van der Waals surface area (Å²) in [6.07, 6.45) is 2.86. The number of rotatable bonds is 3. The summed E-state index contributed by atoms with van der Waals surface area (Å²) in [6.45, 7) is 6.22. The molecule has 0 spiro atoms. The molecule has 6 nitrogen and oxygen atoms in total. The highest BCUT2D eigenvalue weighted by atomic mass is 16.5. The summed E-state index contributed by atoms with van der Waals surface area (Å²) < 4.78 is 11.0. The van der Waals surface area contributed by atoms with Crippen molar-refractivity contribution in [1.82, 2.24) is 15.3 Å². The van der Waals surface area contributed by atoms with Crippen LogP contribution in [-0.2, 0) is 11.3 Å². The Morgan fingerprint density at radius 1 is 1.28 bits per heavy atom. The molecule has 1 unspecified atom stereocenters. The average Bonchev–Trinajstić information content (AvgIpc) is 3.38. The molecule has 0 saturated carbocycles. The predicted octanol–water partition coefficient (Wildman–Crippen LogP) is 3.40. The minimum atomic E-state index is -0.000631. The molecule has 2 aliphatic rings. The van der Waals surface area contributed by atoms with Crippen LogP contribution in [0.4, 0.5) is 0 Å². The van der Waals surface area contributed by atoms with Gasteiger partial charge in [0.05, 0.1) is 13.7 Å². The molecule has 6 heteroatoms. The zero-order chi connectivity index (χ0) is 20.1. The molecule has 0 aliphatic carbocycles. The van der Waals surface area contributed by atoms with E-state index in [1.165, 1.54) is 0 Å². The highest BCUT2D eigenvalue weighted by molar-refractivity contribution is 5.89. The van der Waals surface area contributed by atoms with Crippen molar-refractivity contribution in [2.45, 2.75) is 32.9 Å². The van der Waals surface area contributed by atoms with Gasteiger partial charge in [0, 0.05) is 53.3 Å². The van der Waals surface area contributed by atoms with Crippen molar-refractivity contribution in [2.24, 2.45) is 5.92 Å². The van der Waals surface area contributed by atoms with Gasteiger partial charge in [-0.05, 0) is 48.6 Å². The zero-order valence-electron chi connectivity index (χ0n) is 17.0. The maximum atomic E-state index is 12.8. The van der Waals surface area contributed by atoms with Gasteiger partial charge in [0.25, 0.3) is 5.56 Å². The average molecular weight is 391 g/mol. The Kier molecular flexibility index (Phi) is 4.41. The van der Waals surface area contributed by atoms with E-state index in [0.29, 0.717) is 18.3 Å². The first-order valence-corrected chi connectivity index (χ1v) is 10.1. The van der Waals surface area contributed by atoms with E-state index in [2.05, 4.69) is 33.5 Å². The number of aromatic amines is 1. The van der Waals surface area contributed by atoms with E-state index in [1.54, 1.807) is 7.11 Å². The molecule has 0 amide bonds. The fraction of sp³-hybridized carbons (Fsp3) is 0.391. The van der Waals surface area contributed by atoms with Gasteiger partial charge in [-0.15, -0.1) is 0 Å². The van der Waals surface area contributed by atoms with E-state index in [-0.39, 0.29) is 11.6 Å². The molecule has 1 fully saturated rings. The Balaban J connectivity index is 1.69. The minimum absolute atomic E-state index is 0.000631. The van der Waals surface area contributed by atoms with Crippen LogP contribution in [0.2, 0.25) is 0 Å². The van der Waals surface area contributed by atoms with Crippen molar-refractivity contribution in [3.63, 3.8) is 0 Å². The largest absolute Gasteiger partial charge is 0.481 e. The van der Waals surface area contributed by atoms with E-state index in [1.807, 2.05) is 20.0 Å². The number of hydrogen-bond donors (Lipinski definition) is 2. The topological polar surface area (TPSA) is 76.2 Å². The van der Waals surface area contributed by atoms with E-state index in [9.17, 15) is 4.79 Å². The van der Waals surface area contributed by atoms with Crippen LogP contribution in [0.15, 0.2) is 29.2 Å². The maximum Gasteiger partial charge on any atom is 0.253 e. The lowest BCUT2D eigenvalue weighted by Gasteiger charge is -2.20. The number of ether oxygens (including phenoxy) is 2. The molecule has 3 aromatic rings. The van der Waals surface area contributed by atoms with Crippen LogP contribution in [0.1, 0.15) is 34.7 Å². The van der Waals surface area contributed by atoms with Crippen LogP contribution < -0.4 is 15.6 Å². The molecule has 5 rings (SSSR count). The Bertz CT molecular complexity index is 1160. The summed E-state index contributed by atoms with van der Waals surface area (Å²) in [4.78, 5) is 20.3. The first kappa shape index (κ1) is 18.3. The molecule has 150 valence electrons. The second-order valence-corrected chi connectivity index (χ2v) is 8.04. The molecule has 1 aromatic carbocycles. The quantitative estimate of drug-likeness (QED) is 0.716. The Labute approximate surface area is 169 Å². The predicted molar refractivity (Wildman–Crippen MR) is 112 cm³/mol. The first-order chi connectivity index (χ1) is 14.1. The third-order valence-corrected chi connectivity index (χ3v) is 6.35. The SMILES string of the molecule is COc1ncc(C)c(-c2ccc3c4c(c(=O)[nH]c3c2)CN[C@H]4C2CCOC2)c1C. The fourth-order valence-electron chi connectivity index (χ4n) is 4.95. The maximum absolute atomic E-state index is 12.8. The summed E-state index contributed by atoms with van der Waals surface area (Å²) in [6, 6.07) is 6.52. The highest BCUT2D eigenvalue weighted by Crippen LogP contribution is 2.39. The summed E-state index contributed by atoms with van der Waals surface area (Å²) in [5.74, 6) is 1.04. The number of methoxy groups -OCH3 is 1. The molecule has 1 saturated heterocycles. The van der Waals surface area contributed by atoms with Gasteiger partial charge < -0.3 is 19.8 Å². The van der Waals surface area contributed by atoms with Gasteiger partial charge in [0.2, 0.25) is 5.88 Å². The van der Waals surface area contributed by atoms with Gasteiger partial charge in [-0.2, -0.15) is 0 Å². The van der Waals surface area contributed by atoms with Gasteiger partial charge in [0.1, 0.15) is 0 Å². The standard InChI is InChI=1S/C23H25N3O3/c1-12-9-25-23(28-3)13(2)19(12)14-4-5-16-18(8-14)26-22(27)17-10-24-21(20(16)17)15-6-7-29-11-15/h4-5,8-9,15,21,24H,6-7,10-11H2,1-3H3,(H,26,27)/t15?,21-/m0/s1. The molecule has 2 atom stereocenters. The van der Waals surface area contributed by atoms with Crippen molar-refractivity contribution >= 4 is 10.9 Å². The molecule has 0 bridgehead atoms. The fourth-order valence-corrected chi connectivity index (χ4v) is 4.95. The number of hydrogen-bond acceptors (Lipinski definition) is 5. The van der Waals surface area contributed by atoms with Gasteiger partial charge in [-0.3, -0.25) is 4.79 Å². The van der Waals surface area contributed by atoms with E-state index >= 15 is 0 Å². The van der Waals surface area contributed by atoms with Crippen molar-refractivity contribution in [1.29, 1.82) is 0 Å². The number of benzene rings is 1. The second kappa shape index (κ2) is 6.97. The van der Waals surface area contributed by atoms with E-state index in [4.69, 9.17) is 9.47 Å². The van der Waals surface area contributed by atoms with Gasteiger partial charge in [-0.1, -0.05) is 12.1 Å². The van der Waals surface area contributed by atoms with Crippen LogP contribution >= 0.6 is 0 Å². The van der Waals surface area contributed by atoms with Crippen LogP contribution in [0, 0.1) is 19.8 Å². The number of fused-ring (bicyclic) bond motifs is 3. The molecule has 2 aromatic heterocycles. The van der Waals surface area contributed by atoms with Crippen molar-refractivity contribution in [2.75, 3.05) is 20.3 Å². The third-order valence-electron chi connectivity index (χ3n) is 6.35. The lowest BCUT2D eigenvalue weighted by Crippen LogP contribution is -2.22. The number of aryl methyl sites for hydroxylation is 1. The number of H-pyrrole nitrogens is 1. The third kappa shape index (κ3) is 2.86. The van der Waals surface area contributed by atoms with Crippen molar-refractivity contribution in [3.05, 3.63) is 57.0 Å². The number of nitrogens with one attached hydrogen (secondary N) is 2. The van der Waals surface area contributed by atoms with Gasteiger partial charge in [-0.25, -0.2) is 4.98 Å². The molecule has 4 heterocycles. The van der Waals surface area contributed by atoms with Crippen molar-refractivity contribution < 1.29 is 9.47 Å². The number of nitrogens with zero attached hydrogens (tertiary/aromatic N) is 1. The molecule has 2 aliphatic heterocycles. The van der Waals surface area contributed by atoms with Gasteiger partial charge >= 0.3 is 0 Å². The Morgan fingerprint density at radius 3 is 2.90 bits per heavy atom. The molecule has 2 N–H and O–H groups in total. The summed E-state index contributed by atoms with van der Waals surface area (Å²) in [5, 5.41) is 4.66. The van der Waals surface area contributed by atoms with Crippen LogP contribution in [0.25, 0.3) is 22.0 Å². The Morgan fingerprint density at radius 2 is 2.14 bits per heavy atom. The first-order valence-electron chi connectivity index (χ1n) is 10.1. The lowest BCUT2D eigenvalue weighted by atomic mass is 9.89. The smallest absolute Gasteiger partial charge is 0.253 e. The number of pyridine rings is 2. The molecular formula is C23H25N3O3. The highest BCUT2D eigenvalue weighted by Gasteiger charge is 2.34. The van der Waals surface area contributed by atoms with Crippen LogP contribution in [0.3, 0.4) is 0 Å². The number of aromatic nitrogens is 2. The minimum Gasteiger partial charge on any atom is -0.481 e. The molecular weight excluding hydrogens is 366 g/mol. The Hall–Kier alpha value is -2.70. The summed E-state index contributed by atoms with van der Waals surface area (Å²) in [5.41, 5.74) is 7.10.